The smallest absolute Gasteiger partial charge is 0.351 e. The first kappa shape index (κ1) is 18.5. The minimum absolute atomic E-state index is 0.0336. The fraction of sp³-hybridized carbons (Fsp3) is 0.500. The number of carbonyl (C=O) groups excluding carboxylic acids is 1. The number of carbonyl (C=O) groups is 1. The van der Waals surface area contributed by atoms with Crippen molar-refractivity contribution in [3.8, 4) is 0 Å². The van der Waals surface area contributed by atoms with E-state index in [2.05, 4.69) is 37.2 Å². The van der Waals surface area contributed by atoms with Crippen molar-refractivity contribution in [1.29, 1.82) is 0 Å². The third-order valence-corrected chi connectivity index (χ3v) is 3.93. The van der Waals surface area contributed by atoms with Crippen LogP contribution in [-0.4, -0.2) is 17.3 Å². The fourth-order valence-corrected chi connectivity index (χ4v) is 3.11. The number of amides is 1. The molecule has 0 saturated carbocycles. The summed E-state index contributed by atoms with van der Waals surface area (Å²) in [4.78, 5) is 12.0. The van der Waals surface area contributed by atoms with Gasteiger partial charge in [-0.2, -0.15) is 13.2 Å². The molecule has 118 valence electrons. The standard InChI is InChI=1S/C14H16Br2F3NO/c1-8(2)5-10(16)7-20-13(21)11-4-3-9(15)6-12(11)14(17,18)19/h3-4,6,8,10H,5,7H2,1-2H3,(H,20,21). The van der Waals surface area contributed by atoms with Gasteiger partial charge in [-0.1, -0.05) is 45.7 Å². The van der Waals surface area contributed by atoms with Crippen LogP contribution in [0.3, 0.4) is 0 Å². The maximum atomic E-state index is 12.9. The number of rotatable bonds is 5. The SMILES string of the molecule is CC(C)CC(Br)CNC(=O)c1ccc(Br)cc1C(F)(F)F. The van der Waals surface area contributed by atoms with Gasteiger partial charge in [0.2, 0.25) is 0 Å². The molecule has 0 fully saturated rings. The van der Waals surface area contributed by atoms with E-state index >= 15 is 0 Å². The number of nitrogens with one attached hydrogen (secondary N) is 1. The van der Waals surface area contributed by atoms with Gasteiger partial charge >= 0.3 is 6.18 Å². The zero-order valence-corrected chi connectivity index (χ0v) is 14.8. The highest BCUT2D eigenvalue weighted by molar-refractivity contribution is 9.10. The Bertz CT molecular complexity index is 503. The summed E-state index contributed by atoms with van der Waals surface area (Å²) in [5, 5.41) is 2.53. The minimum atomic E-state index is -4.57. The maximum absolute atomic E-state index is 12.9. The van der Waals surface area contributed by atoms with Gasteiger partial charge in [-0.05, 0) is 30.5 Å². The van der Waals surface area contributed by atoms with Crippen LogP contribution in [0.25, 0.3) is 0 Å². The molecule has 0 aliphatic rings. The Kier molecular flexibility index (Phi) is 6.71. The van der Waals surface area contributed by atoms with Crippen molar-refractivity contribution in [2.75, 3.05) is 6.54 Å². The average molecular weight is 431 g/mol. The first-order valence-corrected chi connectivity index (χ1v) is 8.11. The largest absolute Gasteiger partial charge is 0.417 e. The Hall–Kier alpha value is -0.560. The Balaban J connectivity index is 2.83. The van der Waals surface area contributed by atoms with Crippen molar-refractivity contribution >= 4 is 37.8 Å². The quantitative estimate of drug-likeness (QED) is 0.653. The zero-order valence-electron chi connectivity index (χ0n) is 11.6. The third kappa shape index (κ3) is 5.98. The first-order chi connectivity index (χ1) is 9.61. The molecule has 1 amide bonds. The first-order valence-electron chi connectivity index (χ1n) is 6.40. The van der Waals surface area contributed by atoms with Crippen LogP contribution in [0.1, 0.15) is 36.2 Å². The lowest BCUT2D eigenvalue weighted by molar-refractivity contribution is -0.138. The van der Waals surface area contributed by atoms with Gasteiger partial charge < -0.3 is 5.32 Å². The summed E-state index contributed by atoms with van der Waals surface area (Å²) in [6.45, 7) is 4.35. The Morgan fingerprint density at radius 2 is 1.95 bits per heavy atom. The third-order valence-electron chi connectivity index (χ3n) is 2.74. The molecule has 0 aliphatic heterocycles. The van der Waals surface area contributed by atoms with E-state index in [9.17, 15) is 18.0 Å². The normalized spacial score (nSPS) is 13.3. The van der Waals surface area contributed by atoms with E-state index in [0.29, 0.717) is 5.92 Å². The van der Waals surface area contributed by atoms with Crippen LogP contribution in [0.5, 0.6) is 0 Å². The summed E-state index contributed by atoms with van der Waals surface area (Å²) in [6.07, 6.45) is -3.74. The van der Waals surface area contributed by atoms with Gasteiger partial charge in [0.25, 0.3) is 5.91 Å². The number of halogens is 5. The lowest BCUT2D eigenvalue weighted by atomic mass is 10.1. The lowest BCUT2D eigenvalue weighted by Gasteiger charge is -2.16. The number of hydrogen-bond acceptors (Lipinski definition) is 1. The highest BCUT2D eigenvalue weighted by atomic mass is 79.9. The van der Waals surface area contributed by atoms with Gasteiger partial charge in [-0.3, -0.25) is 4.79 Å². The van der Waals surface area contributed by atoms with Crippen LogP contribution in [0.4, 0.5) is 13.2 Å². The van der Waals surface area contributed by atoms with E-state index in [-0.39, 0.29) is 21.4 Å². The molecule has 0 bridgehead atoms. The summed E-state index contributed by atoms with van der Waals surface area (Å²) in [6, 6.07) is 3.51. The molecule has 1 unspecified atom stereocenters. The number of hydrogen-bond donors (Lipinski definition) is 1. The van der Waals surface area contributed by atoms with Crippen molar-refractivity contribution in [2.24, 2.45) is 5.92 Å². The molecule has 0 aliphatic carbocycles. The van der Waals surface area contributed by atoms with Gasteiger partial charge in [0, 0.05) is 15.8 Å². The minimum Gasteiger partial charge on any atom is -0.351 e. The van der Waals surface area contributed by atoms with Crippen molar-refractivity contribution in [1.82, 2.24) is 5.32 Å². The monoisotopic (exact) mass is 429 g/mol. The van der Waals surface area contributed by atoms with Crippen LogP contribution in [0.2, 0.25) is 0 Å². The summed E-state index contributed by atoms with van der Waals surface area (Å²) in [5.41, 5.74) is -1.31. The molecule has 7 heteroatoms. The van der Waals surface area contributed by atoms with Crippen molar-refractivity contribution in [3.63, 3.8) is 0 Å². The number of benzene rings is 1. The second-order valence-electron chi connectivity index (χ2n) is 5.12. The molecule has 0 spiro atoms. The fourth-order valence-electron chi connectivity index (χ4n) is 1.84. The molecule has 0 radical (unpaired) electrons. The van der Waals surface area contributed by atoms with E-state index in [0.717, 1.165) is 12.5 Å². The molecule has 1 aromatic rings. The van der Waals surface area contributed by atoms with Crippen LogP contribution >= 0.6 is 31.9 Å². The molecule has 21 heavy (non-hydrogen) atoms. The second kappa shape index (κ2) is 7.63. The lowest BCUT2D eigenvalue weighted by Crippen LogP contribution is -2.31. The molecular weight excluding hydrogens is 415 g/mol. The summed E-state index contributed by atoms with van der Waals surface area (Å²) < 4.78 is 39.1. The van der Waals surface area contributed by atoms with E-state index < -0.39 is 17.6 Å². The predicted octanol–water partition coefficient (Wildman–Crippen LogP) is 5.01. The molecule has 1 atom stereocenters. The highest BCUT2D eigenvalue weighted by Gasteiger charge is 2.35. The summed E-state index contributed by atoms with van der Waals surface area (Å²) >= 11 is 6.39. The van der Waals surface area contributed by atoms with Crippen LogP contribution in [0.15, 0.2) is 22.7 Å². The van der Waals surface area contributed by atoms with Crippen LogP contribution in [-0.2, 0) is 6.18 Å². The van der Waals surface area contributed by atoms with Crippen LogP contribution < -0.4 is 5.32 Å². The summed E-state index contributed by atoms with van der Waals surface area (Å²) in [7, 11) is 0. The Morgan fingerprint density at radius 1 is 1.33 bits per heavy atom. The predicted molar refractivity (Wildman–Crippen MR) is 83.6 cm³/mol. The molecular formula is C14H16Br2F3NO. The van der Waals surface area contributed by atoms with Gasteiger partial charge in [-0.15, -0.1) is 0 Å². The van der Waals surface area contributed by atoms with E-state index in [1.54, 1.807) is 0 Å². The van der Waals surface area contributed by atoms with Gasteiger partial charge in [0.1, 0.15) is 0 Å². The molecule has 2 nitrogen and oxygen atoms in total. The summed E-state index contributed by atoms with van der Waals surface area (Å²) in [5.74, 6) is -0.285. The molecule has 1 rings (SSSR count). The van der Waals surface area contributed by atoms with Gasteiger partial charge in [-0.25, -0.2) is 0 Å². The Morgan fingerprint density at radius 3 is 2.48 bits per heavy atom. The van der Waals surface area contributed by atoms with E-state index in [1.165, 1.54) is 12.1 Å². The zero-order chi connectivity index (χ0) is 16.2. The van der Waals surface area contributed by atoms with Gasteiger partial charge in [0.15, 0.2) is 0 Å². The molecule has 0 aromatic heterocycles. The average Bonchev–Trinajstić information content (AvgIpc) is 2.34. The highest BCUT2D eigenvalue weighted by Crippen LogP contribution is 2.33. The van der Waals surface area contributed by atoms with Crippen molar-refractivity contribution in [3.05, 3.63) is 33.8 Å². The second-order valence-corrected chi connectivity index (χ2v) is 7.34. The molecule has 0 heterocycles. The van der Waals surface area contributed by atoms with Gasteiger partial charge in [0.05, 0.1) is 11.1 Å². The maximum Gasteiger partial charge on any atom is 0.417 e. The van der Waals surface area contributed by atoms with Crippen molar-refractivity contribution < 1.29 is 18.0 Å². The van der Waals surface area contributed by atoms with E-state index in [4.69, 9.17) is 0 Å². The molecule has 1 aromatic carbocycles. The topological polar surface area (TPSA) is 29.1 Å². The molecule has 0 saturated heterocycles. The molecule has 1 N–H and O–H groups in total. The van der Waals surface area contributed by atoms with Crippen molar-refractivity contribution in [2.45, 2.75) is 31.3 Å². The number of alkyl halides is 4. The van der Waals surface area contributed by atoms with E-state index in [1.807, 2.05) is 13.8 Å². The Labute approximate surface area is 138 Å². The van der Waals surface area contributed by atoms with Crippen LogP contribution in [0, 0.1) is 5.92 Å².